The van der Waals surface area contributed by atoms with Gasteiger partial charge in [0.25, 0.3) is 0 Å². The van der Waals surface area contributed by atoms with Gasteiger partial charge in [-0.3, -0.25) is 0 Å². The van der Waals surface area contributed by atoms with Crippen LogP contribution in [-0.2, 0) is 4.79 Å². The molecule has 0 aliphatic rings. The molecule has 5 heteroatoms. The molecule has 0 atom stereocenters. The molecule has 0 aliphatic carbocycles. The fraction of sp³-hybridized carbons (Fsp3) is 0. The van der Waals surface area contributed by atoms with Gasteiger partial charge in [0.15, 0.2) is 0 Å². The number of thiophene rings is 1. The van der Waals surface area contributed by atoms with Crippen LogP contribution in [0.4, 0.5) is 0 Å². The van der Waals surface area contributed by atoms with E-state index in [-0.39, 0.29) is 5.57 Å². The summed E-state index contributed by atoms with van der Waals surface area (Å²) in [4.78, 5) is 10.4. The Hall–Kier alpha value is -1.31. The Balaban J connectivity index is 3.07. The van der Waals surface area contributed by atoms with E-state index in [0.29, 0.717) is 9.90 Å². The van der Waals surface area contributed by atoms with E-state index in [1.54, 1.807) is 17.5 Å². The molecule has 0 amide bonds. The van der Waals surface area contributed by atoms with Gasteiger partial charge in [-0.05, 0) is 17.5 Å². The third-order valence-electron chi connectivity index (χ3n) is 1.30. The molecule has 0 spiro atoms. The Labute approximate surface area is 83.5 Å². The highest BCUT2D eigenvalue weighted by Crippen LogP contribution is 2.24. The Morgan fingerprint density at radius 2 is 2.46 bits per heavy atom. The number of halogens is 1. The van der Waals surface area contributed by atoms with E-state index in [0.717, 1.165) is 0 Å². The summed E-state index contributed by atoms with van der Waals surface area (Å²) >= 11 is 7.00. The molecule has 0 unspecified atom stereocenters. The molecule has 66 valence electrons. The van der Waals surface area contributed by atoms with E-state index in [2.05, 4.69) is 0 Å². The molecule has 0 fully saturated rings. The van der Waals surface area contributed by atoms with Crippen LogP contribution in [-0.4, -0.2) is 11.1 Å². The molecular weight excluding hydrogens is 210 g/mol. The Kier molecular flexibility index (Phi) is 3.07. The summed E-state index contributed by atoms with van der Waals surface area (Å²) < 4.78 is 0.481. The summed E-state index contributed by atoms with van der Waals surface area (Å²) in [5.74, 6) is -1.25. The second-order valence-corrected chi connectivity index (χ2v) is 3.64. The van der Waals surface area contributed by atoms with Crippen LogP contribution in [0.25, 0.3) is 6.08 Å². The molecule has 0 radical (unpaired) electrons. The van der Waals surface area contributed by atoms with Gasteiger partial charge in [-0.1, -0.05) is 11.6 Å². The number of aliphatic carboxylic acids is 1. The van der Waals surface area contributed by atoms with Crippen molar-refractivity contribution in [1.82, 2.24) is 0 Å². The average molecular weight is 214 g/mol. The molecule has 1 aromatic heterocycles. The quantitative estimate of drug-likeness (QED) is 0.606. The van der Waals surface area contributed by atoms with E-state index >= 15 is 0 Å². The van der Waals surface area contributed by atoms with Crippen molar-refractivity contribution in [2.45, 2.75) is 0 Å². The normalized spacial score (nSPS) is 10.9. The van der Waals surface area contributed by atoms with E-state index in [4.69, 9.17) is 22.0 Å². The standard InChI is InChI=1S/C8H4ClNO2S/c9-7-5(1-2-13-7)3-6(4-10)8(11)12/h1-3H,(H,11,12)/b6-3+. The van der Waals surface area contributed by atoms with E-state index in [1.807, 2.05) is 0 Å². The Morgan fingerprint density at radius 1 is 1.77 bits per heavy atom. The highest BCUT2D eigenvalue weighted by atomic mass is 35.5. The maximum atomic E-state index is 10.4. The summed E-state index contributed by atoms with van der Waals surface area (Å²) in [6.45, 7) is 0. The predicted molar refractivity (Wildman–Crippen MR) is 50.6 cm³/mol. The van der Waals surface area contributed by atoms with Crippen LogP contribution in [0.3, 0.4) is 0 Å². The lowest BCUT2D eigenvalue weighted by Crippen LogP contribution is -1.96. The lowest BCUT2D eigenvalue weighted by atomic mass is 10.2. The molecule has 1 heterocycles. The third-order valence-corrected chi connectivity index (χ3v) is 2.50. The van der Waals surface area contributed by atoms with Gasteiger partial charge in [-0.25, -0.2) is 4.79 Å². The molecule has 1 aromatic rings. The molecule has 3 nitrogen and oxygen atoms in total. The Bertz CT molecular complexity index is 403. The lowest BCUT2D eigenvalue weighted by Gasteiger charge is -1.89. The first-order chi connectivity index (χ1) is 6.15. The largest absolute Gasteiger partial charge is 0.477 e. The topological polar surface area (TPSA) is 61.1 Å². The molecule has 1 N–H and O–H groups in total. The second kappa shape index (κ2) is 4.08. The molecule has 0 saturated heterocycles. The summed E-state index contributed by atoms with van der Waals surface area (Å²) in [5.41, 5.74) is 0.242. The van der Waals surface area contributed by atoms with Crippen LogP contribution in [0.15, 0.2) is 17.0 Å². The summed E-state index contributed by atoms with van der Waals surface area (Å²) in [6.07, 6.45) is 1.25. The maximum Gasteiger partial charge on any atom is 0.346 e. The summed E-state index contributed by atoms with van der Waals surface area (Å²) in [7, 11) is 0. The fourth-order valence-electron chi connectivity index (χ4n) is 0.703. The van der Waals surface area contributed by atoms with Gasteiger partial charge >= 0.3 is 5.97 Å². The predicted octanol–water partition coefficient (Wildman–Crippen LogP) is 2.39. The van der Waals surface area contributed by atoms with Crippen LogP contribution in [0.2, 0.25) is 4.34 Å². The van der Waals surface area contributed by atoms with E-state index in [1.165, 1.54) is 17.4 Å². The average Bonchev–Trinajstić information content (AvgIpc) is 2.46. The van der Waals surface area contributed by atoms with Crippen molar-refractivity contribution in [1.29, 1.82) is 5.26 Å². The van der Waals surface area contributed by atoms with Crippen LogP contribution in [0.1, 0.15) is 5.56 Å². The fourth-order valence-corrected chi connectivity index (χ4v) is 1.57. The number of nitriles is 1. The van der Waals surface area contributed by atoms with Gasteiger partial charge in [-0.15, -0.1) is 11.3 Å². The highest BCUT2D eigenvalue weighted by Gasteiger charge is 2.07. The second-order valence-electron chi connectivity index (χ2n) is 2.12. The number of hydrogen-bond acceptors (Lipinski definition) is 3. The van der Waals surface area contributed by atoms with E-state index < -0.39 is 5.97 Å². The molecule has 0 aliphatic heterocycles. The number of rotatable bonds is 2. The minimum Gasteiger partial charge on any atom is -0.477 e. The van der Waals surface area contributed by atoms with Gasteiger partial charge in [0.2, 0.25) is 0 Å². The van der Waals surface area contributed by atoms with Crippen LogP contribution >= 0.6 is 22.9 Å². The first kappa shape index (κ1) is 9.78. The van der Waals surface area contributed by atoms with Crippen molar-refractivity contribution in [3.05, 3.63) is 26.9 Å². The minimum atomic E-state index is -1.25. The van der Waals surface area contributed by atoms with Gasteiger partial charge in [0.1, 0.15) is 16.0 Å². The number of nitrogens with zero attached hydrogens (tertiary/aromatic N) is 1. The van der Waals surface area contributed by atoms with Gasteiger partial charge in [0, 0.05) is 5.56 Å². The SMILES string of the molecule is N#C/C(=C\c1ccsc1Cl)C(=O)O. The minimum absolute atomic E-state index is 0.319. The number of carboxylic acids is 1. The van der Waals surface area contributed by atoms with Crippen molar-refractivity contribution < 1.29 is 9.90 Å². The zero-order chi connectivity index (χ0) is 9.84. The van der Waals surface area contributed by atoms with E-state index in [9.17, 15) is 4.79 Å². The van der Waals surface area contributed by atoms with Gasteiger partial charge < -0.3 is 5.11 Å². The van der Waals surface area contributed by atoms with Crippen molar-refractivity contribution >= 4 is 35.0 Å². The van der Waals surface area contributed by atoms with Crippen LogP contribution in [0.5, 0.6) is 0 Å². The third kappa shape index (κ3) is 2.31. The molecule has 13 heavy (non-hydrogen) atoms. The molecular formula is C8H4ClNO2S. The smallest absolute Gasteiger partial charge is 0.346 e. The number of hydrogen-bond donors (Lipinski definition) is 1. The van der Waals surface area contributed by atoms with Crippen molar-refractivity contribution in [3.63, 3.8) is 0 Å². The first-order valence-electron chi connectivity index (χ1n) is 3.23. The molecule has 0 aromatic carbocycles. The highest BCUT2D eigenvalue weighted by molar-refractivity contribution is 7.14. The molecule has 1 rings (SSSR count). The number of carboxylic acid groups (broad SMARTS) is 1. The Morgan fingerprint density at radius 3 is 2.85 bits per heavy atom. The number of carbonyl (C=O) groups is 1. The molecule has 0 bridgehead atoms. The molecule has 0 saturated carbocycles. The van der Waals surface area contributed by atoms with Crippen molar-refractivity contribution in [2.75, 3.05) is 0 Å². The van der Waals surface area contributed by atoms with Crippen LogP contribution in [0, 0.1) is 11.3 Å². The van der Waals surface area contributed by atoms with Gasteiger partial charge in [0.05, 0.1) is 0 Å². The van der Waals surface area contributed by atoms with Crippen LogP contribution < -0.4 is 0 Å². The van der Waals surface area contributed by atoms with Gasteiger partial charge in [-0.2, -0.15) is 5.26 Å². The zero-order valence-electron chi connectivity index (χ0n) is 6.32. The lowest BCUT2D eigenvalue weighted by molar-refractivity contribution is -0.132. The maximum absolute atomic E-state index is 10.4. The monoisotopic (exact) mass is 213 g/mol. The first-order valence-corrected chi connectivity index (χ1v) is 4.49. The van der Waals surface area contributed by atoms with Crippen molar-refractivity contribution in [3.8, 4) is 6.07 Å². The summed E-state index contributed by atoms with van der Waals surface area (Å²) in [5, 5.41) is 18.7. The summed E-state index contributed by atoms with van der Waals surface area (Å²) in [6, 6.07) is 3.23. The van der Waals surface area contributed by atoms with Crippen molar-refractivity contribution in [2.24, 2.45) is 0 Å². The zero-order valence-corrected chi connectivity index (χ0v) is 7.89.